The zero-order valence-corrected chi connectivity index (χ0v) is 19.3. The predicted octanol–water partition coefficient (Wildman–Crippen LogP) is 0.366. The second kappa shape index (κ2) is 9.81. The number of carbonyl (C=O) groups is 4. The molecule has 3 rings (SSSR count). The molecule has 0 radical (unpaired) electrons. The summed E-state index contributed by atoms with van der Waals surface area (Å²) in [7, 11) is -4.71. The summed E-state index contributed by atoms with van der Waals surface area (Å²) in [4.78, 5) is 49.1. The first kappa shape index (κ1) is 25.2. The molecule has 0 aromatic rings. The van der Waals surface area contributed by atoms with Gasteiger partial charge in [0.1, 0.15) is 6.04 Å². The quantitative estimate of drug-likeness (QED) is 0.287. The number of piperidine rings is 1. The fraction of sp³-hybridized carbons (Fsp3) is 0.789. The standard InChI is InChI=1S/C19H29N3O10S/c1-19(2,17(25)26)10-31-33(28,29)32-22-13-6-7-14(21(9-13)18(22)27)16(24)20-11-30-15(23)8-5-12-3-4-12/h12-14H,3-11H2,1-2H3,(H,20,24)(H,25,26)/t13-,14+/m1/s1. The summed E-state index contributed by atoms with van der Waals surface area (Å²) in [5.74, 6) is -1.61. The number of amides is 3. The van der Waals surface area contributed by atoms with E-state index in [-0.39, 0.29) is 26.1 Å². The van der Waals surface area contributed by atoms with Gasteiger partial charge in [0, 0.05) is 13.0 Å². The summed E-state index contributed by atoms with van der Waals surface area (Å²) in [5, 5.41) is 12.2. The molecule has 3 aliphatic rings. The molecule has 2 bridgehead atoms. The lowest BCUT2D eigenvalue weighted by Crippen LogP contribution is -2.50. The van der Waals surface area contributed by atoms with E-state index in [0.29, 0.717) is 17.4 Å². The van der Waals surface area contributed by atoms with Crippen molar-refractivity contribution in [3.8, 4) is 0 Å². The molecule has 0 aromatic heterocycles. The van der Waals surface area contributed by atoms with Crippen LogP contribution >= 0.6 is 0 Å². The lowest BCUT2D eigenvalue weighted by Gasteiger charge is -2.29. The zero-order valence-electron chi connectivity index (χ0n) is 18.5. The summed E-state index contributed by atoms with van der Waals surface area (Å²) in [6, 6.07) is -2.32. The number of carbonyl (C=O) groups excluding carboxylic acids is 3. The van der Waals surface area contributed by atoms with Gasteiger partial charge in [-0.1, -0.05) is 12.8 Å². The smallest absolute Gasteiger partial charge is 0.421 e. The second-order valence-electron chi connectivity index (χ2n) is 9.13. The summed E-state index contributed by atoms with van der Waals surface area (Å²) in [6.07, 6.45) is 3.87. The Balaban J connectivity index is 1.48. The number of carboxylic acids is 1. The molecule has 2 aliphatic heterocycles. The van der Waals surface area contributed by atoms with Crippen LogP contribution in [0.4, 0.5) is 4.79 Å². The van der Waals surface area contributed by atoms with Crippen LogP contribution in [0, 0.1) is 11.3 Å². The largest absolute Gasteiger partial charge is 0.481 e. The molecule has 2 atom stereocenters. The highest BCUT2D eigenvalue weighted by Crippen LogP contribution is 2.33. The Morgan fingerprint density at radius 2 is 1.88 bits per heavy atom. The Kier molecular flexibility index (Phi) is 7.49. The maximum absolute atomic E-state index is 12.7. The van der Waals surface area contributed by atoms with E-state index in [1.54, 1.807) is 0 Å². The average Bonchev–Trinajstić information content (AvgIpc) is 3.55. The van der Waals surface area contributed by atoms with Crippen LogP contribution in [0.1, 0.15) is 52.4 Å². The van der Waals surface area contributed by atoms with Gasteiger partial charge in [-0.2, -0.15) is 13.5 Å². The van der Waals surface area contributed by atoms with Gasteiger partial charge in [-0.3, -0.25) is 14.4 Å². The number of aliphatic carboxylic acids is 1. The normalized spacial score (nSPS) is 22.9. The fourth-order valence-corrected chi connectivity index (χ4v) is 4.37. The number of nitrogens with zero attached hydrogens (tertiary/aromatic N) is 2. The summed E-state index contributed by atoms with van der Waals surface area (Å²) >= 11 is 0. The van der Waals surface area contributed by atoms with Crippen molar-refractivity contribution in [3.05, 3.63) is 0 Å². The van der Waals surface area contributed by atoms with Gasteiger partial charge < -0.3 is 20.1 Å². The van der Waals surface area contributed by atoms with E-state index in [0.717, 1.165) is 19.3 Å². The molecule has 2 saturated heterocycles. The molecule has 2 N–H and O–H groups in total. The molecular formula is C19H29N3O10S. The van der Waals surface area contributed by atoms with Gasteiger partial charge in [0.05, 0.1) is 18.1 Å². The van der Waals surface area contributed by atoms with Crippen molar-refractivity contribution in [1.29, 1.82) is 0 Å². The Labute approximate surface area is 191 Å². The number of nitrogens with one attached hydrogen (secondary N) is 1. The number of carboxylic acid groups (broad SMARTS) is 1. The van der Waals surface area contributed by atoms with Crippen LogP contribution in [0.2, 0.25) is 0 Å². The van der Waals surface area contributed by atoms with Gasteiger partial charge in [0.25, 0.3) is 0 Å². The summed E-state index contributed by atoms with van der Waals surface area (Å²) in [5.41, 5.74) is -1.49. The molecule has 0 aromatic carbocycles. The number of rotatable bonds is 12. The highest BCUT2D eigenvalue weighted by Gasteiger charge is 2.49. The topological polar surface area (TPSA) is 169 Å². The lowest BCUT2D eigenvalue weighted by atomic mass is 9.96. The van der Waals surface area contributed by atoms with Gasteiger partial charge in [-0.25, -0.2) is 8.98 Å². The third-order valence-electron chi connectivity index (χ3n) is 5.87. The Bertz CT molecular complexity index is 901. The Morgan fingerprint density at radius 3 is 2.52 bits per heavy atom. The van der Waals surface area contributed by atoms with Gasteiger partial charge in [0.15, 0.2) is 6.73 Å². The number of hydrogen-bond donors (Lipinski definition) is 2. The molecule has 14 heteroatoms. The van der Waals surface area contributed by atoms with Crippen molar-refractivity contribution < 1.29 is 45.9 Å². The molecule has 2 heterocycles. The molecule has 0 unspecified atom stereocenters. The molecule has 1 aliphatic carbocycles. The zero-order chi connectivity index (χ0) is 24.4. The SMILES string of the molecule is CC(C)(COS(=O)(=O)ON1C(=O)N2C[C@H]1CC[C@H]2C(=O)NCOC(=O)CCC1CC1)C(=O)O. The minimum atomic E-state index is -4.71. The molecular weight excluding hydrogens is 462 g/mol. The summed E-state index contributed by atoms with van der Waals surface area (Å²) < 4.78 is 38.7. The van der Waals surface area contributed by atoms with E-state index in [1.807, 2.05) is 0 Å². The fourth-order valence-electron chi connectivity index (χ4n) is 3.51. The highest BCUT2D eigenvalue weighted by atomic mass is 32.3. The molecule has 33 heavy (non-hydrogen) atoms. The maximum Gasteiger partial charge on any atom is 0.421 e. The van der Waals surface area contributed by atoms with Crippen LogP contribution < -0.4 is 5.32 Å². The third-order valence-corrected chi connectivity index (χ3v) is 6.62. The van der Waals surface area contributed by atoms with E-state index >= 15 is 0 Å². The van der Waals surface area contributed by atoms with Gasteiger partial charge >= 0.3 is 28.4 Å². The van der Waals surface area contributed by atoms with Crippen molar-refractivity contribution in [1.82, 2.24) is 15.3 Å². The number of ether oxygens (including phenoxy) is 1. The Hall–Kier alpha value is -2.45. The Morgan fingerprint density at radius 1 is 1.18 bits per heavy atom. The van der Waals surface area contributed by atoms with Crippen LogP contribution in [-0.4, -0.2) is 79.3 Å². The molecule has 1 saturated carbocycles. The molecule has 13 nitrogen and oxygen atoms in total. The van der Waals surface area contributed by atoms with Gasteiger partial charge in [-0.05, 0) is 39.0 Å². The van der Waals surface area contributed by atoms with Gasteiger partial charge in [-0.15, -0.1) is 4.28 Å². The average molecular weight is 492 g/mol. The van der Waals surface area contributed by atoms with Crippen molar-refractivity contribution in [2.45, 2.75) is 64.5 Å². The molecule has 186 valence electrons. The predicted molar refractivity (Wildman–Crippen MR) is 109 cm³/mol. The first-order chi connectivity index (χ1) is 15.4. The number of esters is 1. The highest BCUT2D eigenvalue weighted by molar-refractivity contribution is 7.81. The summed E-state index contributed by atoms with van der Waals surface area (Å²) in [6.45, 7) is 1.61. The van der Waals surface area contributed by atoms with Gasteiger partial charge in [0.2, 0.25) is 5.91 Å². The molecule has 3 fully saturated rings. The second-order valence-corrected chi connectivity index (χ2v) is 10.3. The number of hydroxylamine groups is 2. The minimum absolute atomic E-state index is 0.0637. The van der Waals surface area contributed by atoms with Crippen LogP contribution in [0.3, 0.4) is 0 Å². The van der Waals surface area contributed by atoms with Crippen molar-refractivity contribution in [3.63, 3.8) is 0 Å². The van der Waals surface area contributed by atoms with Crippen LogP contribution in [-0.2, 0) is 38.0 Å². The van der Waals surface area contributed by atoms with Crippen LogP contribution in [0.15, 0.2) is 0 Å². The first-order valence-corrected chi connectivity index (χ1v) is 12.1. The van der Waals surface area contributed by atoms with E-state index in [2.05, 4.69) is 9.50 Å². The van der Waals surface area contributed by atoms with Crippen molar-refractivity contribution >= 4 is 34.3 Å². The van der Waals surface area contributed by atoms with E-state index in [4.69, 9.17) is 14.1 Å². The number of hydrogen-bond acceptors (Lipinski definition) is 9. The number of urea groups is 1. The first-order valence-electron chi connectivity index (χ1n) is 10.7. The monoisotopic (exact) mass is 491 g/mol. The minimum Gasteiger partial charge on any atom is -0.481 e. The van der Waals surface area contributed by atoms with Crippen molar-refractivity contribution in [2.75, 3.05) is 19.9 Å². The van der Waals surface area contributed by atoms with Crippen molar-refractivity contribution in [2.24, 2.45) is 11.3 Å². The molecule has 3 amide bonds. The van der Waals surface area contributed by atoms with E-state index in [1.165, 1.54) is 18.7 Å². The van der Waals surface area contributed by atoms with E-state index in [9.17, 15) is 27.6 Å². The van der Waals surface area contributed by atoms with Crippen LogP contribution in [0.25, 0.3) is 0 Å². The molecule has 0 spiro atoms. The number of fused-ring (bicyclic) bond motifs is 2. The van der Waals surface area contributed by atoms with Crippen LogP contribution in [0.5, 0.6) is 0 Å². The third kappa shape index (κ3) is 6.54. The maximum atomic E-state index is 12.7. The van der Waals surface area contributed by atoms with E-state index < -0.39 is 58.4 Å². The lowest BCUT2D eigenvalue weighted by molar-refractivity contribution is -0.149.